The summed E-state index contributed by atoms with van der Waals surface area (Å²) in [5.41, 5.74) is 1.04. The third kappa shape index (κ3) is 2.45. The van der Waals surface area contributed by atoms with E-state index in [0.717, 1.165) is 17.4 Å². The summed E-state index contributed by atoms with van der Waals surface area (Å²) in [7, 11) is -3.88. The maximum Gasteiger partial charge on any atom is 0.325 e. The summed E-state index contributed by atoms with van der Waals surface area (Å²) < 4.78 is 26.9. The number of H-pyrrole nitrogens is 1. The zero-order chi connectivity index (χ0) is 15.0. The zero-order valence-electron chi connectivity index (χ0n) is 10.3. The van der Waals surface area contributed by atoms with E-state index in [2.05, 4.69) is 14.9 Å². The number of nitrogens with zero attached hydrogens (tertiary/aromatic N) is 2. The fraction of sp³-hybridized carbons (Fsp3) is 0. The lowest BCUT2D eigenvalue weighted by Gasteiger charge is -2.06. The van der Waals surface area contributed by atoms with Gasteiger partial charge in [-0.05, 0) is 12.1 Å². The molecule has 3 rings (SSSR count). The SMILES string of the molecule is O=[N+]([O-])c1cc(S(=O)(=O)Nc2cccc3[nH]ncc23)cs1. The van der Waals surface area contributed by atoms with Gasteiger partial charge in [-0.3, -0.25) is 19.9 Å². The van der Waals surface area contributed by atoms with Crippen molar-refractivity contribution in [2.75, 3.05) is 4.72 Å². The highest BCUT2D eigenvalue weighted by Crippen LogP contribution is 2.29. The molecule has 2 heterocycles. The summed E-state index contributed by atoms with van der Waals surface area (Å²) in [5.74, 6) is 0. The van der Waals surface area contributed by atoms with Crippen LogP contribution < -0.4 is 4.72 Å². The Morgan fingerprint density at radius 3 is 2.90 bits per heavy atom. The Morgan fingerprint density at radius 1 is 1.38 bits per heavy atom. The highest BCUT2D eigenvalue weighted by atomic mass is 32.2. The minimum atomic E-state index is -3.88. The van der Waals surface area contributed by atoms with Crippen LogP contribution in [0.4, 0.5) is 10.7 Å². The second kappa shape index (κ2) is 4.82. The van der Waals surface area contributed by atoms with Crippen LogP contribution in [0.1, 0.15) is 0 Å². The van der Waals surface area contributed by atoms with Crippen LogP contribution in [0.3, 0.4) is 0 Å². The lowest BCUT2D eigenvalue weighted by Crippen LogP contribution is -2.12. The first kappa shape index (κ1) is 13.5. The Hall–Kier alpha value is -2.46. The Bertz CT molecular complexity index is 929. The standard InChI is InChI=1S/C11H8N4O4S2/c16-15(17)11-4-7(6-20-11)21(18,19)14-10-3-1-2-9-8(10)5-12-13-9/h1-6,14H,(H,12,13). The maximum absolute atomic E-state index is 12.2. The van der Waals surface area contributed by atoms with E-state index in [-0.39, 0.29) is 9.90 Å². The monoisotopic (exact) mass is 324 g/mol. The van der Waals surface area contributed by atoms with Crippen molar-refractivity contribution in [1.29, 1.82) is 0 Å². The maximum atomic E-state index is 12.2. The summed E-state index contributed by atoms with van der Waals surface area (Å²) in [6.45, 7) is 0. The van der Waals surface area contributed by atoms with Crippen molar-refractivity contribution in [1.82, 2.24) is 10.2 Å². The molecule has 0 saturated heterocycles. The van der Waals surface area contributed by atoms with Gasteiger partial charge in [-0.15, -0.1) is 0 Å². The molecule has 108 valence electrons. The molecular weight excluding hydrogens is 316 g/mol. The molecule has 0 fully saturated rings. The highest BCUT2D eigenvalue weighted by Gasteiger charge is 2.21. The van der Waals surface area contributed by atoms with E-state index < -0.39 is 14.9 Å². The molecule has 3 aromatic rings. The first-order valence-corrected chi connectivity index (χ1v) is 8.01. The van der Waals surface area contributed by atoms with E-state index in [9.17, 15) is 18.5 Å². The van der Waals surface area contributed by atoms with E-state index >= 15 is 0 Å². The smallest absolute Gasteiger partial charge is 0.279 e. The lowest BCUT2D eigenvalue weighted by atomic mass is 10.2. The number of hydrogen-bond donors (Lipinski definition) is 2. The van der Waals surface area contributed by atoms with Crippen molar-refractivity contribution in [2.24, 2.45) is 0 Å². The number of fused-ring (bicyclic) bond motifs is 1. The summed E-state index contributed by atoms with van der Waals surface area (Å²) in [6, 6.07) is 6.06. The lowest BCUT2D eigenvalue weighted by molar-refractivity contribution is -0.380. The van der Waals surface area contributed by atoms with Crippen LogP contribution in [0, 0.1) is 10.1 Å². The molecule has 2 N–H and O–H groups in total. The van der Waals surface area contributed by atoms with Gasteiger partial charge in [-0.25, -0.2) is 8.42 Å². The number of thiophene rings is 1. The van der Waals surface area contributed by atoms with Crippen molar-refractivity contribution >= 4 is 43.0 Å². The van der Waals surface area contributed by atoms with Crippen molar-refractivity contribution in [3.8, 4) is 0 Å². The molecule has 8 nitrogen and oxygen atoms in total. The van der Waals surface area contributed by atoms with Gasteiger partial charge in [0.15, 0.2) is 0 Å². The molecule has 21 heavy (non-hydrogen) atoms. The van der Waals surface area contributed by atoms with Gasteiger partial charge in [-0.1, -0.05) is 17.4 Å². The van der Waals surface area contributed by atoms with E-state index in [1.807, 2.05) is 0 Å². The van der Waals surface area contributed by atoms with E-state index in [0.29, 0.717) is 16.6 Å². The highest BCUT2D eigenvalue weighted by molar-refractivity contribution is 7.92. The fourth-order valence-electron chi connectivity index (χ4n) is 1.81. The normalized spacial score (nSPS) is 11.6. The number of aromatic nitrogens is 2. The van der Waals surface area contributed by atoms with Crippen LogP contribution >= 0.6 is 11.3 Å². The minimum Gasteiger partial charge on any atom is -0.279 e. The van der Waals surface area contributed by atoms with E-state index in [1.54, 1.807) is 18.2 Å². The zero-order valence-corrected chi connectivity index (χ0v) is 11.9. The van der Waals surface area contributed by atoms with Gasteiger partial charge in [0.05, 0.1) is 22.3 Å². The van der Waals surface area contributed by atoms with Gasteiger partial charge in [0.1, 0.15) is 4.90 Å². The number of nitro groups is 1. The fourth-order valence-corrected chi connectivity index (χ4v) is 3.97. The molecule has 0 aliphatic heterocycles. The number of rotatable bonds is 4. The van der Waals surface area contributed by atoms with E-state index in [1.165, 1.54) is 11.6 Å². The molecule has 0 aliphatic rings. The third-order valence-electron chi connectivity index (χ3n) is 2.78. The van der Waals surface area contributed by atoms with Crippen molar-refractivity contribution in [3.05, 3.63) is 46.0 Å². The van der Waals surface area contributed by atoms with Crippen LogP contribution in [-0.4, -0.2) is 23.5 Å². The number of aromatic amines is 1. The summed E-state index contributed by atoms with van der Waals surface area (Å²) in [5, 5.41) is 18.8. The number of sulfonamides is 1. The van der Waals surface area contributed by atoms with Crippen molar-refractivity contribution < 1.29 is 13.3 Å². The topological polar surface area (TPSA) is 118 Å². The molecule has 1 aromatic carbocycles. The molecule has 0 unspecified atom stereocenters. The number of nitrogens with one attached hydrogen (secondary N) is 2. The van der Waals surface area contributed by atoms with Crippen molar-refractivity contribution in [2.45, 2.75) is 4.90 Å². The molecule has 0 atom stereocenters. The second-order valence-electron chi connectivity index (χ2n) is 4.12. The molecule has 2 aromatic heterocycles. The van der Waals surface area contributed by atoms with Crippen LogP contribution in [0.15, 0.2) is 40.7 Å². The summed E-state index contributed by atoms with van der Waals surface area (Å²) in [6.07, 6.45) is 1.50. The Kier molecular flexibility index (Phi) is 3.11. The van der Waals surface area contributed by atoms with Crippen molar-refractivity contribution in [3.63, 3.8) is 0 Å². The van der Waals surface area contributed by atoms with Crippen LogP contribution in [-0.2, 0) is 10.0 Å². The van der Waals surface area contributed by atoms with Crippen LogP contribution in [0.25, 0.3) is 10.9 Å². The average molecular weight is 324 g/mol. The average Bonchev–Trinajstić information content (AvgIpc) is 3.08. The predicted molar refractivity (Wildman–Crippen MR) is 77.9 cm³/mol. The molecule has 0 bridgehead atoms. The largest absolute Gasteiger partial charge is 0.325 e. The summed E-state index contributed by atoms with van der Waals surface area (Å²) >= 11 is 0.764. The molecule has 0 amide bonds. The molecule has 0 saturated carbocycles. The minimum absolute atomic E-state index is 0.139. The van der Waals surface area contributed by atoms with E-state index in [4.69, 9.17) is 0 Å². The Labute approximate surface area is 122 Å². The Balaban J connectivity index is 1.99. The summed E-state index contributed by atoms with van der Waals surface area (Å²) in [4.78, 5) is 9.86. The Morgan fingerprint density at radius 2 is 2.19 bits per heavy atom. The number of benzene rings is 1. The van der Waals surface area contributed by atoms with Gasteiger partial charge in [0.2, 0.25) is 0 Å². The molecule has 0 spiro atoms. The van der Waals surface area contributed by atoms with Gasteiger partial charge in [0.25, 0.3) is 10.0 Å². The first-order chi connectivity index (χ1) is 9.97. The first-order valence-electron chi connectivity index (χ1n) is 5.65. The third-order valence-corrected chi connectivity index (χ3v) is 5.16. The molecular formula is C11H8N4O4S2. The van der Waals surface area contributed by atoms with Gasteiger partial charge in [0, 0.05) is 16.8 Å². The van der Waals surface area contributed by atoms with Crippen LogP contribution in [0.2, 0.25) is 0 Å². The molecule has 0 radical (unpaired) electrons. The number of hydrogen-bond acceptors (Lipinski definition) is 6. The number of anilines is 1. The molecule has 10 heteroatoms. The van der Waals surface area contributed by atoms with Gasteiger partial charge < -0.3 is 0 Å². The van der Waals surface area contributed by atoms with Gasteiger partial charge in [-0.2, -0.15) is 5.10 Å². The molecule has 0 aliphatic carbocycles. The van der Waals surface area contributed by atoms with Gasteiger partial charge >= 0.3 is 5.00 Å². The quantitative estimate of drug-likeness (QED) is 0.564. The second-order valence-corrected chi connectivity index (χ2v) is 6.69. The van der Waals surface area contributed by atoms with Crippen LogP contribution in [0.5, 0.6) is 0 Å². The predicted octanol–water partition coefficient (Wildman–Crippen LogP) is 2.33.